The quantitative estimate of drug-likeness (QED) is 0.142. The van der Waals surface area contributed by atoms with Crippen molar-refractivity contribution in [3.63, 3.8) is 0 Å². The first-order chi connectivity index (χ1) is 21.1. The molecule has 4 N–H and O–H groups in total. The number of nitrogens with two attached hydrogens (primary N) is 1. The average Bonchev–Trinajstić information content (AvgIpc) is 3.23. The second kappa shape index (κ2) is 15.5. The van der Waals surface area contributed by atoms with Crippen LogP contribution in [0.1, 0.15) is 52.6 Å². The Hall–Kier alpha value is -3.07. The van der Waals surface area contributed by atoms with Crippen LogP contribution >= 0.6 is 19.5 Å². The molecule has 16 heteroatoms. The summed E-state index contributed by atoms with van der Waals surface area (Å²) in [4.78, 5) is 53.5. The van der Waals surface area contributed by atoms with Crippen LogP contribution in [0.4, 0.5) is 5.82 Å². The minimum absolute atomic E-state index is 0.00206. The van der Waals surface area contributed by atoms with Gasteiger partial charge in [0.15, 0.2) is 10.7 Å². The monoisotopic (exact) mass is 668 g/mol. The van der Waals surface area contributed by atoms with E-state index in [1.807, 2.05) is 30.3 Å². The van der Waals surface area contributed by atoms with Crippen LogP contribution in [-0.2, 0) is 44.0 Å². The van der Waals surface area contributed by atoms with Gasteiger partial charge in [-0.05, 0) is 38.8 Å². The summed E-state index contributed by atoms with van der Waals surface area (Å²) < 4.78 is 38.2. The van der Waals surface area contributed by atoms with Gasteiger partial charge in [0.25, 0.3) is 0 Å². The smallest absolute Gasteiger partial charge is 0.405 e. The van der Waals surface area contributed by atoms with E-state index in [0.29, 0.717) is 0 Å². The Labute approximate surface area is 265 Å². The Morgan fingerprint density at radius 3 is 2.47 bits per heavy atom. The second-order valence-corrected chi connectivity index (χ2v) is 14.4. The molecule has 1 aromatic heterocycles. The number of thioether (sulfide) groups is 1. The lowest BCUT2D eigenvalue weighted by molar-refractivity contribution is -0.184. The molecule has 0 bridgehead atoms. The molecule has 0 saturated heterocycles. The Bertz CT molecular complexity index is 1460. The number of carbonyl (C=O) groups is 3. The van der Waals surface area contributed by atoms with Gasteiger partial charge in [0, 0.05) is 38.3 Å². The third-order valence-corrected chi connectivity index (χ3v) is 10.1. The van der Waals surface area contributed by atoms with Gasteiger partial charge in [-0.15, -0.1) is 0 Å². The minimum Gasteiger partial charge on any atom is -0.458 e. The van der Waals surface area contributed by atoms with Crippen molar-refractivity contribution in [2.45, 2.75) is 65.3 Å². The number of nitrogens with zero attached hydrogens (tertiary/aromatic N) is 2. The van der Waals surface area contributed by atoms with E-state index in [1.54, 1.807) is 20.8 Å². The number of rotatable bonds is 15. The molecule has 2 aromatic rings. The molecule has 3 rings (SSSR count). The van der Waals surface area contributed by atoms with E-state index in [0.717, 1.165) is 17.3 Å². The summed E-state index contributed by atoms with van der Waals surface area (Å²) in [5.41, 5.74) is 3.29. The molecule has 14 nitrogen and oxygen atoms in total. The van der Waals surface area contributed by atoms with Crippen molar-refractivity contribution in [3.05, 3.63) is 58.6 Å². The topological polar surface area (TPSA) is 198 Å². The normalized spacial score (nSPS) is 22.8. The number of aromatic nitrogens is 2. The van der Waals surface area contributed by atoms with Crippen LogP contribution in [0.2, 0.25) is 0 Å². The van der Waals surface area contributed by atoms with Gasteiger partial charge in [0.2, 0.25) is 0 Å². The van der Waals surface area contributed by atoms with Gasteiger partial charge in [-0.2, -0.15) is 4.98 Å². The molecule has 45 heavy (non-hydrogen) atoms. The molecular weight excluding hydrogens is 627 g/mol. The van der Waals surface area contributed by atoms with E-state index >= 15 is 0 Å². The van der Waals surface area contributed by atoms with Gasteiger partial charge in [-0.25, -0.2) is 14.4 Å². The van der Waals surface area contributed by atoms with Crippen molar-refractivity contribution >= 4 is 42.4 Å². The van der Waals surface area contributed by atoms with Gasteiger partial charge in [-0.3, -0.25) is 28.0 Å². The molecular formula is C29H41N4O10PS. The van der Waals surface area contributed by atoms with Gasteiger partial charge in [0.05, 0.1) is 31.3 Å². The number of nitrogens with one attached hydrogen (secondary N) is 1. The summed E-state index contributed by atoms with van der Waals surface area (Å²) in [7, 11) is -4.05. The number of hydrogen-bond donors (Lipinski definition) is 3. The van der Waals surface area contributed by atoms with Crippen molar-refractivity contribution in [2.24, 2.45) is 11.3 Å². The van der Waals surface area contributed by atoms with Gasteiger partial charge < -0.3 is 20.3 Å². The number of nitrogen functional groups attached to an aromatic ring is 1. The lowest BCUT2D eigenvalue weighted by Gasteiger charge is -2.36. The minimum atomic E-state index is -4.05. The SMILES string of the molecule is CC(=O)OC1[C@@H](COP(=O)(NCc2ccccc2)OCCSC(=O)C(C)(C)CO)C[C@@H](n2ccc(N)nc2=O)C1(C)OC(C)=O. The maximum absolute atomic E-state index is 14.0. The summed E-state index contributed by atoms with van der Waals surface area (Å²) in [6, 6.07) is 9.69. The largest absolute Gasteiger partial charge is 0.458 e. The number of aliphatic hydroxyl groups is 1. The first kappa shape index (κ1) is 36.4. The fourth-order valence-electron chi connectivity index (χ4n) is 5.00. The molecule has 1 saturated carbocycles. The Balaban J connectivity index is 1.86. The molecule has 248 valence electrons. The molecule has 0 amide bonds. The molecule has 1 fully saturated rings. The standard InChI is InChI=1S/C29H41N4O10PS/c1-19(35)42-25-22(15-23(29(25,5)43-20(2)36)33-12-11-24(30)32-27(33)38)17-41-44(39,31-16-21-9-7-6-8-10-21)40-13-14-45-26(37)28(3,4)18-34/h6-12,22-23,25,34H,13-18H2,1-5H3,(H,31,39)(H2,30,32,38)/t22-,23-,25?,29?,44?/m1/s1. The molecule has 0 spiro atoms. The van der Waals surface area contributed by atoms with E-state index in [1.165, 1.54) is 30.7 Å². The second-order valence-electron chi connectivity index (χ2n) is 11.5. The number of anilines is 1. The van der Waals surface area contributed by atoms with Crippen LogP contribution in [0, 0.1) is 11.3 Å². The van der Waals surface area contributed by atoms with Gasteiger partial charge in [-0.1, -0.05) is 42.1 Å². The predicted octanol–water partition coefficient (Wildman–Crippen LogP) is 2.85. The van der Waals surface area contributed by atoms with Crippen molar-refractivity contribution in [3.8, 4) is 0 Å². The Morgan fingerprint density at radius 1 is 1.18 bits per heavy atom. The summed E-state index contributed by atoms with van der Waals surface area (Å²) in [5, 5.41) is 12.0. The highest BCUT2D eigenvalue weighted by molar-refractivity contribution is 8.13. The molecule has 1 heterocycles. The number of ether oxygens (including phenoxy) is 2. The highest BCUT2D eigenvalue weighted by Crippen LogP contribution is 2.50. The van der Waals surface area contributed by atoms with Crippen LogP contribution in [0.3, 0.4) is 0 Å². The lowest BCUT2D eigenvalue weighted by atomic mass is 9.95. The molecule has 0 aliphatic heterocycles. The summed E-state index contributed by atoms with van der Waals surface area (Å²) in [6.45, 7) is 6.55. The fraction of sp³-hybridized carbons (Fsp3) is 0.552. The zero-order chi connectivity index (χ0) is 33.4. The lowest BCUT2D eigenvalue weighted by Crippen LogP contribution is -2.50. The third-order valence-electron chi connectivity index (χ3n) is 7.33. The molecule has 0 radical (unpaired) electrons. The van der Waals surface area contributed by atoms with Crippen LogP contribution in [-0.4, -0.2) is 69.0 Å². The number of hydrogen-bond acceptors (Lipinski definition) is 13. The van der Waals surface area contributed by atoms with Crippen LogP contribution in [0.15, 0.2) is 47.4 Å². The maximum atomic E-state index is 14.0. The van der Waals surface area contributed by atoms with Gasteiger partial charge in [0.1, 0.15) is 11.9 Å². The highest BCUT2D eigenvalue weighted by Gasteiger charge is 2.58. The first-order valence-electron chi connectivity index (χ1n) is 14.3. The summed E-state index contributed by atoms with van der Waals surface area (Å²) in [5.74, 6) is -1.91. The maximum Gasteiger partial charge on any atom is 0.405 e. The first-order valence-corrected chi connectivity index (χ1v) is 16.8. The number of benzene rings is 1. The zero-order valence-corrected chi connectivity index (χ0v) is 27.7. The van der Waals surface area contributed by atoms with Crippen molar-refractivity contribution in [1.82, 2.24) is 14.6 Å². The Morgan fingerprint density at radius 2 is 1.87 bits per heavy atom. The number of aliphatic hydroxyl groups excluding tert-OH is 1. The van der Waals surface area contributed by atoms with E-state index in [4.69, 9.17) is 24.3 Å². The fourth-order valence-corrected chi connectivity index (χ4v) is 7.28. The summed E-state index contributed by atoms with van der Waals surface area (Å²) >= 11 is 0.938. The van der Waals surface area contributed by atoms with Crippen LogP contribution in [0.5, 0.6) is 0 Å². The van der Waals surface area contributed by atoms with Crippen molar-refractivity contribution < 1.29 is 42.6 Å². The van der Waals surface area contributed by atoms with Gasteiger partial charge >= 0.3 is 25.4 Å². The highest BCUT2D eigenvalue weighted by atomic mass is 32.2. The third kappa shape index (κ3) is 9.71. The molecule has 1 aromatic carbocycles. The number of carbonyl (C=O) groups excluding carboxylic acids is 3. The molecule has 1 aliphatic carbocycles. The van der Waals surface area contributed by atoms with E-state index < -0.39 is 54.5 Å². The molecule has 3 unspecified atom stereocenters. The van der Waals surface area contributed by atoms with E-state index in [9.17, 15) is 28.8 Å². The Kier molecular flexibility index (Phi) is 12.5. The molecule has 1 aliphatic rings. The van der Waals surface area contributed by atoms with E-state index in [2.05, 4.69) is 10.1 Å². The van der Waals surface area contributed by atoms with Crippen LogP contribution in [0.25, 0.3) is 0 Å². The van der Waals surface area contributed by atoms with Crippen molar-refractivity contribution in [2.75, 3.05) is 31.3 Å². The van der Waals surface area contributed by atoms with Crippen LogP contribution < -0.4 is 16.5 Å². The predicted molar refractivity (Wildman–Crippen MR) is 167 cm³/mol. The zero-order valence-electron chi connectivity index (χ0n) is 26.0. The van der Waals surface area contributed by atoms with Crippen molar-refractivity contribution in [1.29, 1.82) is 0 Å². The van der Waals surface area contributed by atoms with E-state index in [-0.39, 0.29) is 49.5 Å². The average molecular weight is 669 g/mol. The molecule has 5 atom stereocenters. The summed E-state index contributed by atoms with van der Waals surface area (Å²) in [6.07, 6.45) is 0.411. The number of esters is 2.